The molecule has 0 rings (SSSR count). The summed E-state index contributed by atoms with van der Waals surface area (Å²) in [6, 6.07) is 0. The van der Waals surface area contributed by atoms with E-state index in [1.165, 1.54) is 0 Å². The van der Waals surface area contributed by atoms with Gasteiger partial charge in [-0.1, -0.05) is 0 Å². The second-order valence-corrected chi connectivity index (χ2v) is 2.04. The molecule has 8 heavy (non-hydrogen) atoms. The summed E-state index contributed by atoms with van der Waals surface area (Å²) in [6.45, 7) is 0.477. The van der Waals surface area contributed by atoms with Gasteiger partial charge < -0.3 is 9.84 Å². The first-order valence-electron chi connectivity index (χ1n) is 2.32. The van der Waals surface area contributed by atoms with E-state index in [-0.39, 0.29) is 0 Å². The van der Waals surface area contributed by atoms with E-state index >= 15 is 0 Å². The first kappa shape index (κ1) is 8.62. The van der Waals surface area contributed by atoms with Crippen LogP contribution in [0.5, 0.6) is 0 Å². The zero-order valence-corrected chi connectivity index (χ0v) is 6.24. The first-order chi connectivity index (χ1) is 3.81. The summed E-state index contributed by atoms with van der Waals surface area (Å²) in [5, 5.41) is 8.66. The third kappa shape index (κ3) is 4.77. The van der Waals surface area contributed by atoms with Crippen LogP contribution in [0.2, 0.25) is 0 Å². The molecule has 1 atom stereocenters. The number of hydrogen-bond acceptors (Lipinski definition) is 4. The van der Waals surface area contributed by atoms with Crippen LogP contribution in [-0.4, -0.2) is 29.5 Å². The molecule has 0 aliphatic carbocycles. The maximum absolute atomic E-state index is 8.66. The van der Waals surface area contributed by atoms with Crippen molar-refractivity contribution in [1.29, 1.82) is 0 Å². The Morgan fingerprint density at radius 2 is 2.12 bits per heavy atom. The molecule has 50 valence electrons. The quantitative estimate of drug-likeness (QED) is 0.398. The van der Waals surface area contributed by atoms with Crippen LogP contribution in [0.1, 0.15) is 0 Å². The van der Waals surface area contributed by atoms with Crippen molar-refractivity contribution in [1.82, 2.24) is 0 Å². The van der Waals surface area contributed by atoms with Crippen LogP contribution < -0.4 is 0 Å². The molecule has 1 unspecified atom stereocenters. The predicted octanol–water partition coefficient (Wildman–Crippen LogP) is 0.181. The molecule has 4 heteroatoms. The zero-order valence-electron chi connectivity index (χ0n) is 4.45. The first-order valence-corrected chi connectivity index (χ1v) is 3.59. The van der Waals surface area contributed by atoms with Crippen molar-refractivity contribution in [3.63, 3.8) is 0 Å². The van der Waals surface area contributed by atoms with Gasteiger partial charge in [0.25, 0.3) is 0 Å². The molecule has 0 saturated heterocycles. The van der Waals surface area contributed by atoms with E-state index in [0.29, 0.717) is 18.1 Å². The molecule has 0 radical (unpaired) electrons. The number of rotatable bonds is 4. The van der Waals surface area contributed by atoms with Crippen molar-refractivity contribution in [3.8, 4) is 0 Å². The summed E-state index contributed by atoms with van der Waals surface area (Å²) in [5.74, 6) is 0.971. The third-order valence-electron chi connectivity index (χ3n) is 0.558. The second kappa shape index (κ2) is 5.75. The van der Waals surface area contributed by atoms with Gasteiger partial charge >= 0.3 is 0 Å². The van der Waals surface area contributed by atoms with Crippen LogP contribution in [0, 0.1) is 0 Å². The Kier molecular flexibility index (Phi) is 6.20. The van der Waals surface area contributed by atoms with Crippen molar-refractivity contribution >= 4 is 25.3 Å². The molecule has 0 spiro atoms. The standard InChI is InChI=1S/C4H10O2S2/c5-4(3-8)6-1-2-7/h4-5,7-8H,1-3H2. The highest BCUT2D eigenvalue weighted by atomic mass is 32.1. The molecule has 0 aliphatic heterocycles. The summed E-state index contributed by atoms with van der Waals surface area (Å²) < 4.78 is 4.74. The minimum Gasteiger partial charge on any atom is -0.367 e. The van der Waals surface area contributed by atoms with Gasteiger partial charge in [0.05, 0.1) is 6.61 Å². The van der Waals surface area contributed by atoms with Gasteiger partial charge in [-0.05, 0) is 0 Å². The highest BCUT2D eigenvalue weighted by molar-refractivity contribution is 7.80. The van der Waals surface area contributed by atoms with E-state index in [9.17, 15) is 0 Å². The topological polar surface area (TPSA) is 29.5 Å². The highest BCUT2D eigenvalue weighted by Gasteiger charge is 1.96. The Morgan fingerprint density at radius 1 is 1.50 bits per heavy atom. The average molecular weight is 154 g/mol. The normalized spacial score (nSPS) is 13.9. The van der Waals surface area contributed by atoms with Crippen molar-refractivity contribution in [2.75, 3.05) is 18.1 Å². The van der Waals surface area contributed by atoms with Crippen LogP contribution in [0.4, 0.5) is 0 Å². The lowest BCUT2D eigenvalue weighted by molar-refractivity contribution is -0.0751. The Bertz CT molecular complexity index is 51.3. The van der Waals surface area contributed by atoms with Crippen molar-refractivity contribution in [2.45, 2.75) is 6.29 Å². The van der Waals surface area contributed by atoms with Crippen LogP contribution in [0.25, 0.3) is 0 Å². The van der Waals surface area contributed by atoms with E-state index in [0.717, 1.165) is 0 Å². The van der Waals surface area contributed by atoms with Crippen molar-refractivity contribution in [3.05, 3.63) is 0 Å². The fourth-order valence-corrected chi connectivity index (χ4v) is 0.452. The number of thiol groups is 2. The molecule has 0 aromatic carbocycles. The third-order valence-corrected chi connectivity index (χ3v) is 1.05. The molecular formula is C4H10O2S2. The molecule has 0 fully saturated rings. The van der Waals surface area contributed by atoms with Crippen molar-refractivity contribution in [2.24, 2.45) is 0 Å². The van der Waals surface area contributed by atoms with Gasteiger partial charge in [-0.15, -0.1) is 0 Å². The Morgan fingerprint density at radius 3 is 2.50 bits per heavy atom. The van der Waals surface area contributed by atoms with Crippen LogP contribution in [0.15, 0.2) is 0 Å². The molecule has 0 aromatic heterocycles. The molecular weight excluding hydrogens is 144 g/mol. The van der Waals surface area contributed by atoms with Gasteiger partial charge in [0.1, 0.15) is 0 Å². The number of aliphatic hydroxyl groups is 1. The lowest BCUT2D eigenvalue weighted by Crippen LogP contribution is -2.14. The van der Waals surface area contributed by atoms with Crippen LogP contribution >= 0.6 is 25.3 Å². The lowest BCUT2D eigenvalue weighted by Gasteiger charge is -2.05. The smallest absolute Gasteiger partial charge is 0.163 e. The average Bonchev–Trinajstić information content (AvgIpc) is 1.83. The van der Waals surface area contributed by atoms with E-state index < -0.39 is 6.29 Å². The van der Waals surface area contributed by atoms with E-state index in [1.54, 1.807) is 0 Å². The maximum Gasteiger partial charge on any atom is 0.163 e. The SMILES string of the molecule is OC(CS)OCCS. The largest absolute Gasteiger partial charge is 0.367 e. The summed E-state index contributed by atoms with van der Waals surface area (Å²) in [4.78, 5) is 0. The summed E-state index contributed by atoms with van der Waals surface area (Å²) in [6.07, 6.45) is -0.731. The summed E-state index contributed by atoms with van der Waals surface area (Å²) >= 11 is 7.66. The molecule has 0 heterocycles. The van der Waals surface area contributed by atoms with Crippen LogP contribution in [0.3, 0.4) is 0 Å². The molecule has 0 amide bonds. The fraction of sp³-hybridized carbons (Fsp3) is 1.00. The molecule has 0 aromatic rings. The molecule has 2 nitrogen and oxygen atoms in total. The van der Waals surface area contributed by atoms with Gasteiger partial charge in [0.2, 0.25) is 0 Å². The van der Waals surface area contributed by atoms with E-state index in [2.05, 4.69) is 25.3 Å². The van der Waals surface area contributed by atoms with E-state index in [1.807, 2.05) is 0 Å². The Hall–Kier alpha value is 0.620. The summed E-state index contributed by atoms with van der Waals surface area (Å²) in [5.41, 5.74) is 0. The minimum atomic E-state index is -0.731. The zero-order chi connectivity index (χ0) is 6.41. The number of ether oxygens (including phenoxy) is 1. The van der Waals surface area contributed by atoms with Crippen LogP contribution in [-0.2, 0) is 4.74 Å². The second-order valence-electron chi connectivity index (χ2n) is 1.23. The van der Waals surface area contributed by atoms with Gasteiger partial charge in [-0.25, -0.2) is 0 Å². The van der Waals surface area contributed by atoms with Gasteiger partial charge in [-0.2, -0.15) is 25.3 Å². The van der Waals surface area contributed by atoms with Gasteiger partial charge in [0, 0.05) is 11.5 Å². The summed E-state index contributed by atoms with van der Waals surface area (Å²) in [7, 11) is 0. The molecule has 1 N–H and O–H groups in total. The number of hydrogen-bond donors (Lipinski definition) is 3. The minimum absolute atomic E-state index is 0.341. The van der Waals surface area contributed by atoms with Crippen molar-refractivity contribution < 1.29 is 9.84 Å². The lowest BCUT2D eigenvalue weighted by atomic mass is 10.7. The highest BCUT2D eigenvalue weighted by Crippen LogP contribution is 1.89. The molecule has 0 saturated carbocycles. The number of aliphatic hydroxyl groups excluding tert-OH is 1. The predicted molar refractivity (Wildman–Crippen MR) is 39.7 cm³/mol. The maximum atomic E-state index is 8.66. The molecule has 0 aliphatic rings. The van der Waals surface area contributed by atoms with Gasteiger partial charge in [-0.3, -0.25) is 0 Å². The molecule has 0 bridgehead atoms. The Balaban J connectivity index is 2.86. The Labute approximate surface area is 60.1 Å². The van der Waals surface area contributed by atoms with Gasteiger partial charge in [0.15, 0.2) is 6.29 Å². The fourth-order valence-electron chi connectivity index (χ4n) is 0.241. The van der Waals surface area contributed by atoms with E-state index in [4.69, 9.17) is 9.84 Å². The monoisotopic (exact) mass is 154 g/mol.